The maximum absolute atomic E-state index is 12.0. The third kappa shape index (κ3) is 4.16. The Labute approximate surface area is 115 Å². The highest BCUT2D eigenvalue weighted by Gasteiger charge is 2.25. The number of carbonyl (C=O) groups is 1. The summed E-state index contributed by atoms with van der Waals surface area (Å²) < 4.78 is 0. The van der Waals surface area contributed by atoms with Gasteiger partial charge in [-0.1, -0.05) is 6.92 Å². The number of hydrogen-bond donors (Lipinski definition) is 1. The van der Waals surface area contributed by atoms with Crippen LogP contribution in [0.1, 0.15) is 45.4 Å². The van der Waals surface area contributed by atoms with E-state index in [1.165, 1.54) is 44.3 Å². The number of hydrogen-bond acceptors (Lipinski definition) is 3. The first-order valence-corrected chi connectivity index (χ1v) is 8.47. The summed E-state index contributed by atoms with van der Waals surface area (Å²) in [6, 6.07) is 0.572. The molecule has 1 aliphatic heterocycles. The van der Waals surface area contributed by atoms with E-state index in [2.05, 4.69) is 24.0 Å². The fourth-order valence-electron chi connectivity index (χ4n) is 3.00. The van der Waals surface area contributed by atoms with Crippen molar-refractivity contribution in [2.75, 3.05) is 25.4 Å². The lowest BCUT2D eigenvalue weighted by Crippen LogP contribution is -2.43. The Morgan fingerprint density at radius 1 is 1.28 bits per heavy atom. The molecule has 1 N–H and O–H groups in total. The minimum atomic E-state index is 0.307. The predicted molar refractivity (Wildman–Crippen MR) is 78.0 cm³/mol. The molecule has 1 saturated heterocycles. The second kappa shape index (κ2) is 7.39. The van der Waals surface area contributed by atoms with Gasteiger partial charge in [-0.05, 0) is 44.3 Å². The van der Waals surface area contributed by atoms with Crippen LogP contribution in [0.3, 0.4) is 0 Å². The Morgan fingerprint density at radius 3 is 2.78 bits per heavy atom. The third-order valence-electron chi connectivity index (χ3n) is 4.04. The van der Waals surface area contributed by atoms with Crippen molar-refractivity contribution in [2.45, 2.75) is 56.7 Å². The minimum absolute atomic E-state index is 0.307. The normalized spacial score (nSPS) is 28.6. The van der Waals surface area contributed by atoms with Crippen molar-refractivity contribution in [2.24, 2.45) is 0 Å². The van der Waals surface area contributed by atoms with Gasteiger partial charge in [0.25, 0.3) is 0 Å². The zero-order chi connectivity index (χ0) is 12.8. The Morgan fingerprint density at radius 2 is 2.06 bits per heavy atom. The van der Waals surface area contributed by atoms with Gasteiger partial charge in [0.05, 0.1) is 6.54 Å². The Kier molecular flexibility index (Phi) is 5.83. The summed E-state index contributed by atoms with van der Waals surface area (Å²) in [5.41, 5.74) is 0. The first-order chi connectivity index (χ1) is 8.79. The maximum Gasteiger partial charge on any atom is 0.236 e. The number of thioether (sulfide) groups is 1. The van der Waals surface area contributed by atoms with Gasteiger partial charge in [-0.15, -0.1) is 0 Å². The molecule has 0 aromatic heterocycles. The van der Waals surface area contributed by atoms with Crippen LogP contribution in [0.4, 0.5) is 0 Å². The van der Waals surface area contributed by atoms with E-state index < -0.39 is 0 Å². The molecule has 0 radical (unpaired) electrons. The van der Waals surface area contributed by atoms with Gasteiger partial charge in [-0.2, -0.15) is 11.8 Å². The van der Waals surface area contributed by atoms with E-state index >= 15 is 0 Å². The van der Waals surface area contributed by atoms with Crippen molar-refractivity contribution < 1.29 is 4.79 Å². The summed E-state index contributed by atoms with van der Waals surface area (Å²) in [6.45, 7) is 4.72. The molecule has 18 heavy (non-hydrogen) atoms. The molecule has 1 aliphatic carbocycles. The average Bonchev–Trinajstić information content (AvgIpc) is 2.85. The van der Waals surface area contributed by atoms with E-state index in [1.807, 2.05) is 4.90 Å². The van der Waals surface area contributed by atoms with E-state index in [-0.39, 0.29) is 0 Å². The van der Waals surface area contributed by atoms with Crippen LogP contribution in [0.5, 0.6) is 0 Å². The molecule has 4 heteroatoms. The molecule has 2 atom stereocenters. The molecule has 1 amide bonds. The number of rotatable bonds is 5. The molecule has 2 unspecified atom stereocenters. The molecule has 2 rings (SSSR count). The first-order valence-electron chi connectivity index (χ1n) is 7.42. The monoisotopic (exact) mass is 270 g/mol. The molecular weight excluding hydrogens is 244 g/mol. The van der Waals surface area contributed by atoms with Gasteiger partial charge < -0.3 is 10.2 Å². The van der Waals surface area contributed by atoms with Crippen molar-refractivity contribution in [3.63, 3.8) is 0 Å². The first kappa shape index (κ1) is 14.2. The third-order valence-corrected chi connectivity index (χ3v) is 5.27. The highest BCUT2D eigenvalue weighted by Crippen LogP contribution is 2.29. The van der Waals surface area contributed by atoms with Crippen molar-refractivity contribution >= 4 is 17.7 Å². The Bertz CT molecular complexity index is 267. The van der Waals surface area contributed by atoms with Gasteiger partial charge in [0.15, 0.2) is 0 Å². The van der Waals surface area contributed by atoms with Crippen LogP contribution in [0.25, 0.3) is 0 Å². The number of piperidine rings is 1. The molecule has 1 saturated carbocycles. The molecule has 104 valence electrons. The topological polar surface area (TPSA) is 32.3 Å². The molecule has 0 aromatic carbocycles. The largest absolute Gasteiger partial charge is 0.342 e. The second-order valence-electron chi connectivity index (χ2n) is 5.41. The highest BCUT2D eigenvalue weighted by atomic mass is 32.2. The summed E-state index contributed by atoms with van der Waals surface area (Å²) in [4.78, 5) is 14.1. The van der Waals surface area contributed by atoms with Crippen LogP contribution in [-0.2, 0) is 4.79 Å². The quantitative estimate of drug-likeness (QED) is 0.832. The number of nitrogens with zero attached hydrogens (tertiary/aromatic N) is 1. The lowest BCUT2D eigenvalue weighted by atomic mass is 10.1. The van der Waals surface area contributed by atoms with Crippen molar-refractivity contribution in [1.82, 2.24) is 10.2 Å². The van der Waals surface area contributed by atoms with Gasteiger partial charge >= 0.3 is 0 Å². The predicted octanol–water partition coefficient (Wildman–Crippen LogP) is 2.26. The van der Waals surface area contributed by atoms with Crippen LogP contribution in [0.2, 0.25) is 0 Å². The van der Waals surface area contributed by atoms with Crippen molar-refractivity contribution in [1.29, 1.82) is 0 Å². The summed E-state index contributed by atoms with van der Waals surface area (Å²) in [5, 5.41) is 4.28. The summed E-state index contributed by atoms with van der Waals surface area (Å²) in [7, 11) is 0. The zero-order valence-electron chi connectivity index (χ0n) is 11.5. The van der Waals surface area contributed by atoms with Crippen LogP contribution in [0.15, 0.2) is 0 Å². The van der Waals surface area contributed by atoms with Gasteiger partial charge in [0.1, 0.15) is 0 Å². The average molecular weight is 270 g/mol. The molecule has 2 aliphatic rings. The van der Waals surface area contributed by atoms with E-state index in [1.54, 1.807) is 0 Å². The Hall–Kier alpha value is -0.220. The van der Waals surface area contributed by atoms with Crippen LogP contribution >= 0.6 is 11.8 Å². The fourth-order valence-corrected chi connectivity index (χ4v) is 4.14. The smallest absolute Gasteiger partial charge is 0.236 e. The van der Waals surface area contributed by atoms with Gasteiger partial charge in [-0.3, -0.25) is 4.79 Å². The SMILES string of the molecule is CCSC1CCC(NCC(=O)N2CCCCC2)C1. The molecule has 3 nitrogen and oxygen atoms in total. The van der Waals surface area contributed by atoms with Crippen LogP contribution in [-0.4, -0.2) is 47.5 Å². The van der Waals surface area contributed by atoms with E-state index in [0.717, 1.165) is 18.3 Å². The van der Waals surface area contributed by atoms with Gasteiger partial charge in [0.2, 0.25) is 5.91 Å². The zero-order valence-corrected chi connectivity index (χ0v) is 12.3. The van der Waals surface area contributed by atoms with Crippen molar-refractivity contribution in [3.05, 3.63) is 0 Å². The highest BCUT2D eigenvalue weighted by molar-refractivity contribution is 7.99. The maximum atomic E-state index is 12.0. The van der Waals surface area contributed by atoms with Crippen LogP contribution < -0.4 is 5.32 Å². The van der Waals surface area contributed by atoms with E-state index in [0.29, 0.717) is 18.5 Å². The molecule has 1 heterocycles. The number of carbonyl (C=O) groups excluding carboxylic acids is 1. The van der Waals surface area contributed by atoms with Crippen LogP contribution in [0, 0.1) is 0 Å². The lowest BCUT2D eigenvalue weighted by Gasteiger charge is -2.27. The lowest BCUT2D eigenvalue weighted by molar-refractivity contribution is -0.131. The standard InChI is InChI=1S/C14H26N2OS/c1-2-18-13-7-6-12(10-13)15-11-14(17)16-8-4-3-5-9-16/h12-13,15H,2-11H2,1H3. The van der Waals surface area contributed by atoms with Gasteiger partial charge in [0, 0.05) is 24.4 Å². The molecule has 0 aromatic rings. The minimum Gasteiger partial charge on any atom is -0.342 e. The van der Waals surface area contributed by atoms with E-state index in [4.69, 9.17) is 0 Å². The van der Waals surface area contributed by atoms with Gasteiger partial charge in [-0.25, -0.2) is 0 Å². The second-order valence-corrected chi connectivity index (χ2v) is 6.99. The number of likely N-dealkylation sites (tertiary alicyclic amines) is 1. The van der Waals surface area contributed by atoms with Crippen molar-refractivity contribution in [3.8, 4) is 0 Å². The summed E-state index contributed by atoms with van der Waals surface area (Å²) >= 11 is 2.07. The molecule has 0 bridgehead atoms. The number of nitrogens with one attached hydrogen (secondary N) is 1. The molecule has 2 fully saturated rings. The summed E-state index contributed by atoms with van der Waals surface area (Å²) in [5.74, 6) is 1.52. The fraction of sp³-hybridized carbons (Fsp3) is 0.929. The number of amides is 1. The molecular formula is C14H26N2OS. The molecule has 0 spiro atoms. The Balaban J connectivity index is 1.64. The van der Waals surface area contributed by atoms with E-state index in [9.17, 15) is 4.79 Å². The summed E-state index contributed by atoms with van der Waals surface area (Å²) in [6.07, 6.45) is 7.45.